The quantitative estimate of drug-likeness (QED) is 0.609. The second-order valence-electron chi connectivity index (χ2n) is 5.74. The maximum atomic E-state index is 12.6. The molecule has 1 unspecified atom stereocenters. The van der Waals surface area contributed by atoms with Crippen molar-refractivity contribution in [3.8, 4) is 5.75 Å². The molecule has 0 saturated heterocycles. The molecule has 0 fully saturated rings. The average Bonchev–Trinajstić information content (AvgIpc) is 2.58. The van der Waals surface area contributed by atoms with Gasteiger partial charge in [0.25, 0.3) is 0 Å². The van der Waals surface area contributed by atoms with Gasteiger partial charge in [-0.25, -0.2) is 8.42 Å². The number of carbonyl (C=O) groups excluding carboxylic acids is 1. The van der Waals surface area contributed by atoms with Crippen LogP contribution in [-0.2, 0) is 14.8 Å². The van der Waals surface area contributed by atoms with Gasteiger partial charge in [0.1, 0.15) is 5.75 Å². The summed E-state index contributed by atoms with van der Waals surface area (Å²) in [7, 11) is -3.64. The fourth-order valence-corrected chi connectivity index (χ4v) is 4.24. The summed E-state index contributed by atoms with van der Waals surface area (Å²) in [5.41, 5.74) is 0.128. The Bertz CT molecular complexity index is 724. The second-order valence-corrected chi connectivity index (χ2v) is 7.68. The van der Waals surface area contributed by atoms with Crippen LogP contribution in [0.4, 0.5) is 5.69 Å². The number of allylic oxidation sites excluding steroid dienone is 2. The Balaban J connectivity index is 2.25. The summed E-state index contributed by atoms with van der Waals surface area (Å²) in [6.45, 7) is 4.24. The highest BCUT2D eigenvalue weighted by atomic mass is 32.2. The predicted octanol–water partition coefficient (Wildman–Crippen LogP) is 2.72. The molecule has 2 rings (SSSR count). The highest BCUT2D eigenvalue weighted by Gasteiger charge is 2.24. The number of hydrogen-bond donors (Lipinski definition) is 2. The predicted molar refractivity (Wildman–Crippen MR) is 93.3 cm³/mol. The first kappa shape index (κ1) is 18.5. The number of nitrogens with one attached hydrogen (secondary N) is 1. The molecule has 24 heavy (non-hydrogen) atoms. The molecule has 1 atom stereocenters. The number of rotatable bonds is 6. The van der Waals surface area contributed by atoms with E-state index in [1.54, 1.807) is 13.8 Å². The number of carbonyl (C=O) groups is 1. The van der Waals surface area contributed by atoms with Crippen molar-refractivity contribution >= 4 is 21.6 Å². The summed E-state index contributed by atoms with van der Waals surface area (Å²) in [5, 5.41) is 12.6. The number of benzene rings is 1. The smallest absolute Gasteiger partial charge is 0.243 e. The number of anilines is 1. The molecule has 0 aliphatic heterocycles. The van der Waals surface area contributed by atoms with Gasteiger partial charge in [-0.15, -0.1) is 0 Å². The van der Waals surface area contributed by atoms with Gasteiger partial charge in [-0.2, -0.15) is 4.31 Å². The minimum absolute atomic E-state index is 0.0582. The summed E-state index contributed by atoms with van der Waals surface area (Å²) in [6.07, 6.45) is 6.26. The summed E-state index contributed by atoms with van der Waals surface area (Å²) in [6, 6.07) is 3.97. The molecule has 1 amide bonds. The highest BCUT2D eigenvalue weighted by molar-refractivity contribution is 7.89. The Morgan fingerprint density at radius 1 is 1.29 bits per heavy atom. The summed E-state index contributed by atoms with van der Waals surface area (Å²) >= 11 is 0. The lowest BCUT2D eigenvalue weighted by atomic mass is 9.93. The molecule has 7 heteroatoms. The third kappa shape index (κ3) is 3.96. The number of phenolic OH excluding ortho intramolecular Hbond substituents is 1. The van der Waals surface area contributed by atoms with E-state index in [1.807, 2.05) is 12.2 Å². The SMILES string of the molecule is CCN(CC)S(=O)(=O)c1ccc(O)c(NC(=O)C2CC=CCC2)c1. The van der Waals surface area contributed by atoms with E-state index in [0.717, 1.165) is 12.8 Å². The van der Waals surface area contributed by atoms with Gasteiger partial charge in [-0.05, 0) is 37.5 Å². The largest absolute Gasteiger partial charge is 0.506 e. The lowest BCUT2D eigenvalue weighted by Crippen LogP contribution is -2.30. The standard InChI is InChI=1S/C17H24N2O4S/c1-3-19(4-2)24(22,23)14-10-11-16(20)15(12-14)18-17(21)13-8-6-5-7-9-13/h5-6,10-13,20H,3-4,7-9H2,1-2H3,(H,18,21). The zero-order valence-electron chi connectivity index (χ0n) is 14.0. The first-order valence-electron chi connectivity index (χ1n) is 8.19. The third-order valence-electron chi connectivity index (χ3n) is 4.21. The summed E-state index contributed by atoms with van der Waals surface area (Å²) in [5.74, 6) is -0.502. The normalized spacial score (nSPS) is 17.9. The van der Waals surface area contributed by atoms with E-state index in [4.69, 9.17) is 0 Å². The van der Waals surface area contributed by atoms with E-state index in [1.165, 1.54) is 22.5 Å². The number of amides is 1. The minimum atomic E-state index is -3.64. The van der Waals surface area contributed by atoms with Gasteiger partial charge in [0.15, 0.2) is 0 Å². The topological polar surface area (TPSA) is 86.7 Å². The molecular formula is C17H24N2O4S. The zero-order chi connectivity index (χ0) is 17.7. The van der Waals surface area contributed by atoms with Crippen LogP contribution in [-0.4, -0.2) is 36.8 Å². The van der Waals surface area contributed by atoms with Crippen molar-refractivity contribution in [2.45, 2.75) is 38.0 Å². The third-order valence-corrected chi connectivity index (χ3v) is 6.25. The van der Waals surface area contributed by atoms with Gasteiger partial charge < -0.3 is 10.4 Å². The lowest BCUT2D eigenvalue weighted by molar-refractivity contribution is -0.120. The maximum Gasteiger partial charge on any atom is 0.243 e. The fourth-order valence-electron chi connectivity index (χ4n) is 2.75. The molecule has 0 bridgehead atoms. The molecule has 0 saturated carbocycles. The Hall–Kier alpha value is -1.86. The van der Waals surface area contributed by atoms with Crippen molar-refractivity contribution in [1.82, 2.24) is 4.31 Å². The molecule has 1 aliphatic rings. The molecule has 1 aliphatic carbocycles. The van der Waals surface area contributed by atoms with Gasteiger partial charge in [0.2, 0.25) is 15.9 Å². The van der Waals surface area contributed by atoms with Crippen molar-refractivity contribution in [1.29, 1.82) is 0 Å². The number of nitrogens with zero attached hydrogens (tertiary/aromatic N) is 1. The van der Waals surface area contributed by atoms with Crippen LogP contribution in [0.5, 0.6) is 5.75 Å². The van der Waals surface area contributed by atoms with Crippen molar-refractivity contribution in [3.63, 3.8) is 0 Å². The van der Waals surface area contributed by atoms with Crippen LogP contribution in [0.2, 0.25) is 0 Å². The zero-order valence-corrected chi connectivity index (χ0v) is 14.8. The number of hydrogen-bond acceptors (Lipinski definition) is 4. The molecule has 2 N–H and O–H groups in total. The van der Waals surface area contributed by atoms with E-state index in [2.05, 4.69) is 5.32 Å². The molecule has 0 spiro atoms. The summed E-state index contributed by atoms with van der Waals surface area (Å²) in [4.78, 5) is 12.4. The molecule has 6 nitrogen and oxygen atoms in total. The van der Waals surface area contributed by atoms with Crippen LogP contribution in [0.15, 0.2) is 35.2 Å². The number of aromatic hydroxyl groups is 1. The maximum absolute atomic E-state index is 12.6. The van der Waals surface area contributed by atoms with Crippen LogP contribution >= 0.6 is 0 Å². The van der Waals surface area contributed by atoms with Gasteiger partial charge in [0.05, 0.1) is 10.6 Å². The number of sulfonamides is 1. The summed E-state index contributed by atoms with van der Waals surface area (Å²) < 4.78 is 26.5. The van der Waals surface area contributed by atoms with E-state index >= 15 is 0 Å². The molecule has 0 heterocycles. The van der Waals surface area contributed by atoms with Crippen LogP contribution in [0, 0.1) is 5.92 Å². The van der Waals surface area contributed by atoms with Crippen LogP contribution in [0.25, 0.3) is 0 Å². The molecule has 1 aromatic rings. The molecule has 0 radical (unpaired) electrons. The Labute approximate surface area is 143 Å². The Morgan fingerprint density at radius 2 is 2.00 bits per heavy atom. The van der Waals surface area contributed by atoms with E-state index in [9.17, 15) is 18.3 Å². The molecule has 0 aromatic heterocycles. The minimum Gasteiger partial charge on any atom is -0.506 e. The van der Waals surface area contributed by atoms with E-state index in [-0.39, 0.29) is 28.2 Å². The molecular weight excluding hydrogens is 328 g/mol. The van der Waals surface area contributed by atoms with Crippen LogP contribution in [0.1, 0.15) is 33.1 Å². The van der Waals surface area contributed by atoms with Gasteiger partial charge in [0, 0.05) is 19.0 Å². The van der Waals surface area contributed by atoms with Crippen LogP contribution in [0.3, 0.4) is 0 Å². The van der Waals surface area contributed by atoms with E-state index < -0.39 is 10.0 Å². The first-order valence-corrected chi connectivity index (χ1v) is 9.63. The average molecular weight is 352 g/mol. The monoisotopic (exact) mass is 352 g/mol. The van der Waals surface area contributed by atoms with Crippen molar-refractivity contribution in [3.05, 3.63) is 30.4 Å². The number of phenols is 1. The fraction of sp³-hybridized carbons (Fsp3) is 0.471. The first-order chi connectivity index (χ1) is 11.4. The Kier molecular flexibility index (Phi) is 6.01. The van der Waals surface area contributed by atoms with Gasteiger partial charge in [-0.1, -0.05) is 26.0 Å². The van der Waals surface area contributed by atoms with Crippen molar-refractivity contribution in [2.24, 2.45) is 5.92 Å². The van der Waals surface area contributed by atoms with Gasteiger partial charge >= 0.3 is 0 Å². The Morgan fingerprint density at radius 3 is 2.58 bits per heavy atom. The van der Waals surface area contributed by atoms with E-state index in [0.29, 0.717) is 19.5 Å². The van der Waals surface area contributed by atoms with Gasteiger partial charge in [-0.3, -0.25) is 4.79 Å². The molecule has 1 aromatic carbocycles. The van der Waals surface area contributed by atoms with Crippen LogP contribution < -0.4 is 5.32 Å². The van der Waals surface area contributed by atoms with Crippen molar-refractivity contribution < 1.29 is 18.3 Å². The molecule has 132 valence electrons. The highest BCUT2D eigenvalue weighted by Crippen LogP contribution is 2.29. The second kappa shape index (κ2) is 7.81. The lowest BCUT2D eigenvalue weighted by Gasteiger charge is -2.20. The van der Waals surface area contributed by atoms with Crippen molar-refractivity contribution in [2.75, 3.05) is 18.4 Å².